The molecule has 4 nitrogen and oxygen atoms in total. The van der Waals surface area contributed by atoms with E-state index < -0.39 is 0 Å². The van der Waals surface area contributed by atoms with Gasteiger partial charge in [0.2, 0.25) is 0 Å². The van der Waals surface area contributed by atoms with Gasteiger partial charge in [0.15, 0.2) is 21.7 Å². The molecule has 74 heavy (non-hydrogen) atoms. The Hall–Kier alpha value is -5.24. The molecule has 0 N–H and O–H groups in total. The van der Waals surface area contributed by atoms with Crippen LogP contribution >= 0.6 is 112 Å². The van der Waals surface area contributed by atoms with Crippen LogP contribution in [0.4, 0.5) is 0 Å². The Bertz CT molecular complexity index is 4470. The SMILES string of the molecule is Cc1cc2ccc3cc(Br)c(Br)cc3c(=O)c2cc1Br.Cc1cc2ccc3ccc(Br)cc3c(=O)c2cc1Br.Cc1ccc2c(=O)c3cc(Br)ccc3ccc2c1.O=c1c2ccccc2ccc2c(Br)cccc12. The molecule has 12 aromatic rings. The van der Waals surface area contributed by atoms with E-state index in [1.54, 1.807) is 0 Å². The van der Waals surface area contributed by atoms with Crippen LogP contribution in [0, 0.1) is 20.8 Å². The van der Waals surface area contributed by atoms with E-state index in [-0.39, 0.29) is 21.7 Å². The van der Waals surface area contributed by atoms with Gasteiger partial charge in [-0.1, -0.05) is 213 Å². The van der Waals surface area contributed by atoms with Crippen LogP contribution in [0.1, 0.15) is 16.7 Å². The number of hydrogen-bond donors (Lipinski definition) is 0. The van der Waals surface area contributed by atoms with Crippen molar-refractivity contribution in [1.29, 1.82) is 0 Å². The third-order valence-corrected chi connectivity index (χ3v) is 18.0. The Morgan fingerprint density at radius 3 is 1.18 bits per heavy atom. The Labute approximate surface area is 484 Å². The lowest BCUT2D eigenvalue weighted by Crippen LogP contribution is -1.99. The van der Waals surface area contributed by atoms with Crippen LogP contribution in [-0.2, 0) is 0 Å². The van der Waals surface area contributed by atoms with Crippen molar-refractivity contribution in [3.8, 4) is 0 Å². The number of halogens is 7. The van der Waals surface area contributed by atoms with Gasteiger partial charge in [-0.3, -0.25) is 19.2 Å². The van der Waals surface area contributed by atoms with Crippen LogP contribution in [0.15, 0.2) is 232 Å². The normalized spacial score (nSPS) is 11.1. The molecular formula is C63H39Br7O4. The molecule has 0 aliphatic rings. The second kappa shape index (κ2) is 22.9. The quantitative estimate of drug-likeness (QED) is 0.152. The van der Waals surface area contributed by atoms with Crippen molar-refractivity contribution in [2.24, 2.45) is 0 Å². The van der Waals surface area contributed by atoms with Gasteiger partial charge in [-0.15, -0.1) is 0 Å². The van der Waals surface area contributed by atoms with E-state index in [0.29, 0.717) is 5.39 Å². The van der Waals surface area contributed by atoms with E-state index in [2.05, 4.69) is 112 Å². The van der Waals surface area contributed by atoms with Crippen molar-refractivity contribution < 1.29 is 0 Å². The lowest BCUT2D eigenvalue weighted by molar-refractivity contribution is 1.46. The van der Waals surface area contributed by atoms with Crippen molar-refractivity contribution in [3.05, 3.63) is 271 Å². The molecule has 0 saturated heterocycles. The summed E-state index contributed by atoms with van der Waals surface area (Å²) >= 11 is 24.3. The molecule has 364 valence electrons. The summed E-state index contributed by atoms with van der Waals surface area (Å²) in [5.74, 6) is 0. The fourth-order valence-electron chi connectivity index (χ4n) is 8.79. The topological polar surface area (TPSA) is 68.3 Å². The molecular weight excluding hydrogens is 1380 g/mol. The zero-order chi connectivity index (χ0) is 52.5. The Morgan fingerprint density at radius 1 is 0.243 bits per heavy atom. The van der Waals surface area contributed by atoms with Gasteiger partial charge in [0, 0.05) is 74.4 Å². The molecule has 0 aromatic heterocycles. The molecule has 12 aromatic carbocycles. The first-order chi connectivity index (χ1) is 35.4. The molecule has 11 heteroatoms. The molecule has 0 aliphatic carbocycles. The average Bonchev–Trinajstić information content (AvgIpc) is 3.74. The third-order valence-electron chi connectivity index (χ3n) is 12.7. The van der Waals surface area contributed by atoms with E-state index >= 15 is 0 Å². The molecule has 0 atom stereocenters. The van der Waals surface area contributed by atoms with E-state index in [9.17, 15) is 19.2 Å². The highest BCUT2D eigenvalue weighted by molar-refractivity contribution is 9.13. The Kier molecular flexibility index (Phi) is 16.6. The summed E-state index contributed by atoms with van der Waals surface area (Å²) in [5.41, 5.74) is 3.70. The van der Waals surface area contributed by atoms with E-state index in [1.165, 1.54) is 5.56 Å². The molecule has 0 unspecified atom stereocenters. The molecule has 0 heterocycles. The van der Waals surface area contributed by atoms with Gasteiger partial charge in [-0.25, -0.2) is 0 Å². The maximum Gasteiger partial charge on any atom is 0.194 e. The van der Waals surface area contributed by atoms with Crippen molar-refractivity contribution in [2.45, 2.75) is 20.8 Å². The predicted octanol–water partition coefficient (Wildman–Crippen LogP) is 19.7. The maximum absolute atomic E-state index is 12.8. The zero-order valence-corrected chi connectivity index (χ0v) is 50.7. The molecule has 12 rings (SSSR count). The highest BCUT2D eigenvalue weighted by Crippen LogP contribution is 2.30. The minimum absolute atomic E-state index is 0.0499. The van der Waals surface area contributed by atoms with Crippen LogP contribution in [0.5, 0.6) is 0 Å². The number of rotatable bonds is 0. The summed E-state index contributed by atoms with van der Waals surface area (Å²) in [7, 11) is 0. The minimum Gasteiger partial charge on any atom is -0.289 e. The molecule has 0 amide bonds. The number of benzene rings is 8. The second-order valence-electron chi connectivity index (χ2n) is 17.7. The standard InChI is InChI=1S/C16H9Br3O.C16H10Br2O.C16H11BrO.C15H9BrO/c1-8-4-9-2-3-10-5-14(18)15(19)7-12(10)16(20)11(9)6-13(8)17;1-9-6-11-3-2-10-4-5-12(17)7-13(10)16(19)14(11)8-15(9)18;1-10-2-7-14-12(8-10)4-3-11-5-6-13(17)9-15(11)16(14)18;16-14-7-3-6-13-12(14)9-8-10-4-1-2-5-11(10)15(13)17/h2-7H,1H3;2-8H,1H3;2-9H,1H3;1-9H. The summed E-state index contributed by atoms with van der Waals surface area (Å²) in [4.78, 5) is 50.4. The molecule has 0 saturated carbocycles. The van der Waals surface area contributed by atoms with Crippen molar-refractivity contribution in [2.75, 3.05) is 0 Å². The van der Waals surface area contributed by atoms with Crippen LogP contribution in [0.25, 0.3) is 86.2 Å². The Morgan fingerprint density at radius 2 is 0.608 bits per heavy atom. The van der Waals surface area contributed by atoms with Crippen LogP contribution in [0.2, 0.25) is 0 Å². The summed E-state index contributed by atoms with van der Waals surface area (Å²) in [6.07, 6.45) is 0. The van der Waals surface area contributed by atoms with Crippen LogP contribution in [0.3, 0.4) is 0 Å². The van der Waals surface area contributed by atoms with Crippen molar-refractivity contribution in [1.82, 2.24) is 0 Å². The Balaban J connectivity index is 0.000000121. The molecule has 0 radical (unpaired) electrons. The number of hydrogen-bond acceptors (Lipinski definition) is 4. The predicted molar refractivity (Wildman–Crippen MR) is 339 cm³/mol. The van der Waals surface area contributed by atoms with Crippen molar-refractivity contribution >= 4 is 198 Å². The third kappa shape index (κ3) is 11.5. The average molecular weight is 1420 g/mol. The van der Waals surface area contributed by atoms with Gasteiger partial charge in [0.05, 0.1) is 0 Å². The molecule has 0 spiro atoms. The minimum atomic E-state index is 0.0499. The smallest absolute Gasteiger partial charge is 0.194 e. The van der Waals surface area contributed by atoms with Gasteiger partial charge in [-0.2, -0.15) is 0 Å². The molecule has 0 fully saturated rings. The first kappa shape index (κ1) is 53.6. The van der Waals surface area contributed by atoms with Gasteiger partial charge in [0.25, 0.3) is 0 Å². The summed E-state index contributed by atoms with van der Waals surface area (Å²) < 4.78 is 6.54. The number of aryl methyl sites for hydroxylation is 3. The monoisotopic (exact) mass is 1410 g/mol. The maximum atomic E-state index is 12.8. The largest absolute Gasteiger partial charge is 0.289 e. The van der Waals surface area contributed by atoms with Gasteiger partial charge < -0.3 is 0 Å². The van der Waals surface area contributed by atoms with Crippen molar-refractivity contribution in [3.63, 3.8) is 0 Å². The molecule has 0 bridgehead atoms. The second-order valence-corrected chi connectivity index (χ2v) is 23.8. The fraction of sp³-hybridized carbons (Fsp3) is 0.0476. The van der Waals surface area contributed by atoms with Gasteiger partial charge in [-0.05, 0) is 161 Å². The first-order valence-electron chi connectivity index (χ1n) is 23.0. The zero-order valence-electron chi connectivity index (χ0n) is 39.6. The summed E-state index contributed by atoms with van der Waals surface area (Å²) in [5, 5.41) is 13.7. The van der Waals surface area contributed by atoms with Crippen LogP contribution < -0.4 is 21.7 Å². The van der Waals surface area contributed by atoms with E-state index in [1.807, 2.05) is 203 Å². The summed E-state index contributed by atoms with van der Waals surface area (Å²) in [6, 6.07) is 58.6. The highest BCUT2D eigenvalue weighted by atomic mass is 79.9. The highest BCUT2D eigenvalue weighted by Gasteiger charge is 2.10. The van der Waals surface area contributed by atoms with Gasteiger partial charge >= 0.3 is 0 Å². The van der Waals surface area contributed by atoms with E-state index in [4.69, 9.17) is 0 Å². The molecule has 0 aliphatic heterocycles. The fourth-order valence-corrected chi connectivity index (χ4v) is 11.4. The summed E-state index contributed by atoms with van der Waals surface area (Å²) in [6.45, 7) is 6.08. The number of fused-ring (bicyclic) bond motifs is 8. The van der Waals surface area contributed by atoms with E-state index in [0.717, 1.165) is 123 Å². The lowest BCUT2D eigenvalue weighted by Gasteiger charge is -1.99. The lowest BCUT2D eigenvalue weighted by atomic mass is 10.1. The van der Waals surface area contributed by atoms with Crippen LogP contribution in [-0.4, -0.2) is 0 Å². The first-order valence-corrected chi connectivity index (χ1v) is 28.6. The van der Waals surface area contributed by atoms with Gasteiger partial charge in [0.1, 0.15) is 0 Å².